The van der Waals surface area contributed by atoms with Crippen LogP contribution in [0.15, 0.2) is 82.8 Å². The first-order valence-electron chi connectivity index (χ1n) is 7.95. The highest BCUT2D eigenvalue weighted by Gasteiger charge is 1.95. The molecule has 0 saturated carbocycles. The van der Waals surface area contributed by atoms with Crippen molar-refractivity contribution in [1.29, 1.82) is 10.5 Å². The van der Waals surface area contributed by atoms with Crippen LogP contribution in [0, 0.1) is 22.7 Å². The topological polar surface area (TPSA) is 72.3 Å². The standard InChI is InChI=1S/C22H14N4/c23-13-19-3-1-5-21(11-19)25-15-17-7-9-18(10-8-17)16-26-22-6-2-4-20(12-22)14-24/h1-12,15-16H. The molecule has 0 saturated heterocycles. The maximum atomic E-state index is 8.91. The van der Waals surface area contributed by atoms with Crippen molar-refractivity contribution < 1.29 is 0 Å². The zero-order valence-electron chi connectivity index (χ0n) is 13.9. The molecule has 26 heavy (non-hydrogen) atoms. The second-order valence-electron chi connectivity index (χ2n) is 5.51. The fraction of sp³-hybridized carbons (Fsp3) is 0. The number of benzene rings is 3. The summed E-state index contributed by atoms with van der Waals surface area (Å²) in [5.41, 5.74) is 4.57. The van der Waals surface area contributed by atoms with Gasteiger partial charge in [0.05, 0.1) is 34.6 Å². The normalized spacial score (nSPS) is 10.7. The first kappa shape index (κ1) is 16.8. The van der Waals surface area contributed by atoms with E-state index in [-0.39, 0.29) is 0 Å². The Balaban J connectivity index is 1.70. The van der Waals surface area contributed by atoms with Crippen LogP contribution in [0.5, 0.6) is 0 Å². The molecule has 3 aromatic rings. The highest BCUT2D eigenvalue weighted by atomic mass is 14.7. The van der Waals surface area contributed by atoms with Gasteiger partial charge in [-0.05, 0) is 47.5 Å². The highest BCUT2D eigenvalue weighted by molar-refractivity contribution is 5.86. The Morgan fingerprint density at radius 1 is 0.615 bits per heavy atom. The van der Waals surface area contributed by atoms with Crippen molar-refractivity contribution in [3.8, 4) is 12.1 Å². The third-order valence-electron chi connectivity index (χ3n) is 3.61. The minimum atomic E-state index is 0.590. The molecule has 4 heteroatoms. The minimum absolute atomic E-state index is 0.590. The molecule has 3 rings (SSSR count). The zero-order valence-corrected chi connectivity index (χ0v) is 13.9. The number of nitriles is 2. The van der Waals surface area contributed by atoms with Crippen LogP contribution in [-0.4, -0.2) is 12.4 Å². The third kappa shape index (κ3) is 4.50. The van der Waals surface area contributed by atoms with Gasteiger partial charge in [0.2, 0.25) is 0 Å². The van der Waals surface area contributed by atoms with E-state index in [9.17, 15) is 0 Å². The van der Waals surface area contributed by atoms with E-state index in [1.165, 1.54) is 0 Å². The second-order valence-corrected chi connectivity index (χ2v) is 5.51. The first-order chi connectivity index (χ1) is 12.8. The molecule has 0 aliphatic heterocycles. The Labute approximate surface area is 152 Å². The van der Waals surface area contributed by atoms with Gasteiger partial charge in [-0.2, -0.15) is 10.5 Å². The highest BCUT2D eigenvalue weighted by Crippen LogP contribution is 2.15. The largest absolute Gasteiger partial charge is 0.256 e. The van der Waals surface area contributed by atoms with Crippen molar-refractivity contribution >= 4 is 23.8 Å². The monoisotopic (exact) mass is 334 g/mol. The van der Waals surface area contributed by atoms with E-state index in [0.717, 1.165) is 22.5 Å². The molecule has 4 nitrogen and oxygen atoms in total. The summed E-state index contributed by atoms with van der Waals surface area (Å²) in [6.07, 6.45) is 3.52. The van der Waals surface area contributed by atoms with Crippen molar-refractivity contribution in [3.05, 3.63) is 95.1 Å². The van der Waals surface area contributed by atoms with Gasteiger partial charge >= 0.3 is 0 Å². The molecular weight excluding hydrogens is 320 g/mol. The predicted octanol–water partition coefficient (Wildman–Crippen LogP) is 4.93. The molecule has 0 radical (unpaired) electrons. The van der Waals surface area contributed by atoms with Crippen molar-refractivity contribution in [2.24, 2.45) is 9.98 Å². The Bertz CT molecular complexity index is 962. The van der Waals surface area contributed by atoms with Crippen LogP contribution in [0.2, 0.25) is 0 Å². The van der Waals surface area contributed by atoms with Crippen LogP contribution in [-0.2, 0) is 0 Å². The van der Waals surface area contributed by atoms with Gasteiger partial charge in [-0.25, -0.2) is 0 Å². The summed E-state index contributed by atoms with van der Waals surface area (Å²) in [4.78, 5) is 8.77. The summed E-state index contributed by atoms with van der Waals surface area (Å²) in [5.74, 6) is 0. The summed E-state index contributed by atoms with van der Waals surface area (Å²) >= 11 is 0. The quantitative estimate of drug-likeness (QED) is 0.634. The van der Waals surface area contributed by atoms with Crippen LogP contribution >= 0.6 is 0 Å². The lowest BCUT2D eigenvalue weighted by atomic mass is 10.1. The van der Waals surface area contributed by atoms with Crippen molar-refractivity contribution in [2.75, 3.05) is 0 Å². The Morgan fingerprint density at radius 3 is 1.42 bits per heavy atom. The van der Waals surface area contributed by atoms with Gasteiger partial charge in [0.1, 0.15) is 0 Å². The smallest absolute Gasteiger partial charge is 0.0992 e. The number of nitrogens with zero attached hydrogens (tertiary/aromatic N) is 4. The van der Waals surface area contributed by atoms with Crippen molar-refractivity contribution in [1.82, 2.24) is 0 Å². The van der Waals surface area contributed by atoms with E-state index in [0.29, 0.717) is 11.1 Å². The van der Waals surface area contributed by atoms with Gasteiger partial charge in [0, 0.05) is 12.4 Å². The summed E-state index contributed by atoms with van der Waals surface area (Å²) in [6.45, 7) is 0. The lowest BCUT2D eigenvalue weighted by molar-refractivity contribution is 1.45. The molecule has 0 N–H and O–H groups in total. The second kappa shape index (κ2) is 8.19. The van der Waals surface area contributed by atoms with Gasteiger partial charge in [-0.15, -0.1) is 0 Å². The average molecular weight is 334 g/mol. The van der Waals surface area contributed by atoms with E-state index < -0.39 is 0 Å². The lowest BCUT2D eigenvalue weighted by Gasteiger charge is -1.97. The van der Waals surface area contributed by atoms with Crippen molar-refractivity contribution in [2.45, 2.75) is 0 Å². The van der Waals surface area contributed by atoms with E-state index >= 15 is 0 Å². The molecule has 0 atom stereocenters. The molecule has 0 bridgehead atoms. The number of aliphatic imine (C=N–C) groups is 2. The van der Waals surface area contributed by atoms with Crippen LogP contribution in [0.1, 0.15) is 22.3 Å². The molecule has 0 unspecified atom stereocenters. The van der Waals surface area contributed by atoms with E-state index in [1.54, 1.807) is 36.7 Å². The fourth-order valence-corrected chi connectivity index (χ4v) is 2.28. The molecule has 0 aliphatic rings. The van der Waals surface area contributed by atoms with Crippen LogP contribution in [0.4, 0.5) is 11.4 Å². The van der Waals surface area contributed by atoms with E-state index in [4.69, 9.17) is 10.5 Å². The van der Waals surface area contributed by atoms with Crippen molar-refractivity contribution in [3.63, 3.8) is 0 Å². The van der Waals surface area contributed by atoms with Gasteiger partial charge < -0.3 is 0 Å². The summed E-state index contributed by atoms with van der Waals surface area (Å²) < 4.78 is 0. The van der Waals surface area contributed by atoms with Gasteiger partial charge in [0.25, 0.3) is 0 Å². The zero-order chi connectivity index (χ0) is 18.2. The molecule has 0 amide bonds. The molecule has 0 aromatic heterocycles. The fourth-order valence-electron chi connectivity index (χ4n) is 2.28. The van der Waals surface area contributed by atoms with E-state index in [1.807, 2.05) is 48.5 Å². The molecule has 0 spiro atoms. The van der Waals surface area contributed by atoms with Gasteiger partial charge in [0.15, 0.2) is 0 Å². The molecule has 122 valence electrons. The minimum Gasteiger partial charge on any atom is -0.256 e. The molecule has 3 aromatic carbocycles. The van der Waals surface area contributed by atoms with Crippen LogP contribution < -0.4 is 0 Å². The summed E-state index contributed by atoms with van der Waals surface area (Å²) in [6, 6.07) is 26.3. The summed E-state index contributed by atoms with van der Waals surface area (Å²) in [5, 5.41) is 17.8. The first-order valence-corrected chi connectivity index (χ1v) is 7.95. The molecule has 0 fully saturated rings. The maximum Gasteiger partial charge on any atom is 0.0992 e. The Morgan fingerprint density at radius 2 is 1.04 bits per heavy atom. The van der Waals surface area contributed by atoms with Gasteiger partial charge in [-0.1, -0.05) is 36.4 Å². The summed E-state index contributed by atoms with van der Waals surface area (Å²) in [7, 11) is 0. The van der Waals surface area contributed by atoms with E-state index in [2.05, 4.69) is 22.1 Å². The lowest BCUT2D eigenvalue weighted by Crippen LogP contribution is -1.84. The predicted molar refractivity (Wildman–Crippen MR) is 103 cm³/mol. The van der Waals surface area contributed by atoms with Gasteiger partial charge in [-0.3, -0.25) is 9.98 Å². The number of rotatable bonds is 4. The SMILES string of the molecule is N#Cc1cccc(N=Cc2ccc(C=Nc3cccc(C#N)c3)cc2)c1. The molecule has 0 heterocycles. The molecule has 0 aliphatic carbocycles. The Hall–Kier alpha value is -4.02. The third-order valence-corrected chi connectivity index (χ3v) is 3.61. The number of hydrogen-bond acceptors (Lipinski definition) is 4. The average Bonchev–Trinajstić information content (AvgIpc) is 2.72. The van der Waals surface area contributed by atoms with Crippen LogP contribution in [0.25, 0.3) is 0 Å². The van der Waals surface area contributed by atoms with Crippen LogP contribution in [0.3, 0.4) is 0 Å². The number of hydrogen-bond donors (Lipinski definition) is 0. The maximum absolute atomic E-state index is 8.91. The molecular formula is C22H14N4. The Kier molecular flexibility index (Phi) is 5.30.